The van der Waals surface area contributed by atoms with Crippen molar-refractivity contribution in [3.63, 3.8) is 0 Å². The number of hydrogen-bond donors (Lipinski definition) is 1. The minimum absolute atomic E-state index is 0.729. The molecule has 0 spiro atoms. The molecule has 2 aromatic heterocycles. The van der Waals surface area contributed by atoms with Gasteiger partial charge in [-0.2, -0.15) is 4.37 Å². The summed E-state index contributed by atoms with van der Waals surface area (Å²) in [6.45, 7) is 2.04. The van der Waals surface area contributed by atoms with Gasteiger partial charge in [-0.15, -0.1) is 0 Å². The van der Waals surface area contributed by atoms with E-state index in [1.807, 2.05) is 6.92 Å². The Morgan fingerprint density at radius 2 is 2.36 bits per heavy atom. The van der Waals surface area contributed by atoms with E-state index in [1.54, 1.807) is 6.20 Å². The maximum Gasteiger partial charge on any atom is 0.177 e. The predicted molar refractivity (Wildman–Crippen MR) is 59.9 cm³/mol. The number of nitrogens with two attached hydrogens (primary N) is 1. The summed E-state index contributed by atoms with van der Waals surface area (Å²) in [4.78, 5) is 8.47. The van der Waals surface area contributed by atoms with Crippen LogP contribution in [0.4, 0.5) is 5.00 Å². The molecule has 74 valence electrons. The standard InChI is InChI=1S/C7H8N4S3/c1-2-5-10-7(14-11-5)13-6-9-3-4(8)12-6/h3H,2,8H2,1H3. The van der Waals surface area contributed by atoms with Crippen LogP contribution < -0.4 is 5.73 Å². The van der Waals surface area contributed by atoms with E-state index in [4.69, 9.17) is 5.73 Å². The number of hydrogen-bond acceptors (Lipinski definition) is 7. The van der Waals surface area contributed by atoms with Crippen LogP contribution in [0, 0.1) is 0 Å². The highest BCUT2D eigenvalue weighted by atomic mass is 32.2. The van der Waals surface area contributed by atoms with Gasteiger partial charge in [0.15, 0.2) is 8.68 Å². The molecular weight excluding hydrogens is 236 g/mol. The van der Waals surface area contributed by atoms with Crippen molar-refractivity contribution in [1.29, 1.82) is 0 Å². The van der Waals surface area contributed by atoms with Crippen LogP contribution in [0.1, 0.15) is 12.7 Å². The molecule has 0 aliphatic rings. The fourth-order valence-electron chi connectivity index (χ4n) is 0.815. The zero-order valence-corrected chi connectivity index (χ0v) is 9.88. The van der Waals surface area contributed by atoms with Crippen LogP contribution in [-0.2, 0) is 6.42 Å². The normalized spacial score (nSPS) is 10.6. The SMILES string of the molecule is CCc1nsc(Sc2ncc(N)s2)n1. The summed E-state index contributed by atoms with van der Waals surface area (Å²) in [5.74, 6) is 0.891. The lowest BCUT2D eigenvalue weighted by atomic mass is 10.5. The Balaban J connectivity index is 2.10. The molecule has 0 saturated heterocycles. The van der Waals surface area contributed by atoms with Crippen molar-refractivity contribution in [2.45, 2.75) is 22.0 Å². The molecule has 0 radical (unpaired) electrons. The summed E-state index contributed by atoms with van der Waals surface area (Å²) in [5, 5.41) is 0.729. The summed E-state index contributed by atoms with van der Waals surface area (Å²) in [6, 6.07) is 0. The molecule has 0 bridgehead atoms. The predicted octanol–water partition coefficient (Wildman–Crippen LogP) is 2.29. The minimum atomic E-state index is 0.729. The van der Waals surface area contributed by atoms with Gasteiger partial charge in [-0.1, -0.05) is 18.3 Å². The van der Waals surface area contributed by atoms with Gasteiger partial charge in [0.2, 0.25) is 0 Å². The molecule has 7 heteroatoms. The number of aryl methyl sites for hydroxylation is 1. The first kappa shape index (κ1) is 9.88. The molecule has 0 saturated carbocycles. The van der Waals surface area contributed by atoms with Gasteiger partial charge in [0.25, 0.3) is 0 Å². The van der Waals surface area contributed by atoms with E-state index in [0.717, 1.165) is 25.9 Å². The largest absolute Gasteiger partial charge is 0.389 e. The van der Waals surface area contributed by atoms with Gasteiger partial charge in [0.05, 0.1) is 6.20 Å². The Kier molecular flexibility index (Phi) is 2.99. The Morgan fingerprint density at radius 3 is 2.93 bits per heavy atom. The molecule has 0 fully saturated rings. The Labute approximate surface area is 93.8 Å². The second-order valence-electron chi connectivity index (χ2n) is 2.46. The topological polar surface area (TPSA) is 64.7 Å². The van der Waals surface area contributed by atoms with Gasteiger partial charge in [-0.05, 0) is 23.3 Å². The van der Waals surface area contributed by atoms with Crippen molar-refractivity contribution in [2.75, 3.05) is 5.73 Å². The highest BCUT2D eigenvalue weighted by molar-refractivity contribution is 8.02. The molecular formula is C7H8N4S3. The summed E-state index contributed by atoms with van der Waals surface area (Å²) in [6.07, 6.45) is 2.53. The number of aromatic nitrogens is 3. The monoisotopic (exact) mass is 244 g/mol. The van der Waals surface area contributed by atoms with E-state index in [-0.39, 0.29) is 0 Å². The zero-order valence-electron chi connectivity index (χ0n) is 7.43. The molecule has 0 aliphatic heterocycles. The van der Waals surface area contributed by atoms with Crippen molar-refractivity contribution < 1.29 is 0 Å². The number of anilines is 1. The Hall–Kier alpha value is -0.660. The van der Waals surface area contributed by atoms with Crippen molar-refractivity contribution in [3.05, 3.63) is 12.0 Å². The maximum absolute atomic E-state index is 5.57. The third-order valence-corrected chi connectivity index (χ3v) is 4.13. The van der Waals surface area contributed by atoms with E-state index < -0.39 is 0 Å². The number of nitrogen functional groups attached to an aromatic ring is 1. The van der Waals surface area contributed by atoms with Gasteiger partial charge in [-0.3, -0.25) is 0 Å². The highest BCUT2D eigenvalue weighted by Gasteiger charge is 2.07. The molecule has 0 aliphatic carbocycles. The number of rotatable bonds is 3. The van der Waals surface area contributed by atoms with Crippen LogP contribution >= 0.6 is 34.6 Å². The van der Waals surface area contributed by atoms with Crippen molar-refractivity contribution in [3.8, 4) is 0 Å². The van der Waals surface area contributed by atoms with Gasteiger partial charge in [-0.25, -0.2) is 9.97 Å². The van der Waals surface area contributed by atoms with Crippen molar-refractivity contribution in [1.82, 2.24) is 14.3 Å². The molecule has 2 rings (SSSR count). The molecule has 2 N–H and O–H groups in total. The maximum atomic E-state index is 5.57. The number of nitrogens with zero attached hydrogens (tertiary/aromatic N) is 3. The summed E-state index contributed by atoms with van der Waals surface area (Å²) < 4.78 is 6.04. The molecule has 2 aromatic rings. The van der Waals surface area contributed by atoms with Crippen LogP contribution in [0.25, 0.3) is 0 Å². The van der Waals surface area contributed by atoms with E-state index in [1.165, 1.54) is 34.6 Å². The lowest BCUT2D eigenvalue weighted by Gasteiger charge is -1.87. The quantitative estimate of drug-likeness (QED) is 0.897. The zero-order chi connectivity index (χ0) is 9.97. The first-order valence-electron chi connectivity index (χ1n) is 3.99. The van der Waals surface area contributed by atoms with Crippen molar-refractivity contribution >= 4 is 39.6 Å². The lowest BCUT2D eigenvalue weighted by molar-refractivity contribution is 0.971. The van der Waals surface area contributed by atoms with Crippen molar-refractivity contribution in [2.24, 2.45) is 0 Å². The fourth-order valence-corrected chi connectivity index (χ4v) is 3.48. The van der Waals surface area contributed by atoms with Gasteiger partial charge in [0.1, 0.15) is 10.8 Å². The van der Waals surface area contributed by atoms with Gasteiger partial charge >= 0.3 is 0 Å². The smallest absolute Gasteiger partial charge is 0.177 e. The molecule has 14 heavy (non-hydrogen) atoms. The Morgan fingerprint density at radius 1 is 1.50 bits per heavy atom. The summed E-state index contributed by atoms with van der Waals surface area (Å²) >= 11 is 4.39. The van der Waals surface area contributed by atoms with Crippen LogP contribution in [-0.4, -0.2) is 14.3 Å². The van der Waals surface area contributed by atoms with Crippen LogP contribution in [0.15, 0.2) is 14.9 Å². The third-order valence-electron chi connectivity index (χ3n) is 1.44. The van der Waals surface area contributed by atoms with E-state index in [0.29, 0.717) is 0 Å². The first-order chi connectivity index (χ1) is 6.78. The second-order valence-corrected chi connectivity index (χ2v) is 5.77. The number of thiazole rings is 1. The van der Waals surface area contributed by atoms with Crippen LogP contribution in [0.2, 0.25) is 0 Å². The third kappa shape index (κ3) is 2.23. The van der Waals surface area contributed by atoms with Crippen LogP contribution in [0.5, 0.6) is 0 Å². The summed E-state index contributed by atoms with van der Waals surface area (Å²) in [7, 11) is 0. The minimum Gasteiger partial charge on any atom is -0.389 e. The lowest BCUT2D eigenvalue weighted by Crippen LogP contribution is -1.80. The first-order valence-corrected chi connectivity index (χ1v) is 6.40. The average Bonchev–Trinajstić information content (AvgIpc) is 2.76. The van der Waals surface area contributed by atoms with E-state index in [9.17, 15) is 0 Å². The molecule has 4 nitrogen and oxygen atoms in total. The van der Waals surface area contributed by atoms with Gasteiger partial charge in [0, 0.05) is 6.42 Å². The average molecular weight is 244 g/mol. The Bertz CT molecular complexity index is 422. The molecule has 0 aromatic carbocycles. The highest BCUT2D eigenvalue weighted by Crippen LogP contribution is 2.32. The molecule has 2 heterocycles. The van der Waals surface area contributed by atoms with E-state index in [2.05, 4.69) is 14.3 Å². The molecule has 0 amide bonds. The second kappa shape index (κ2) is 4.24. The van der Waals surface area contributed by atoms with Crippen LogP contribution in [0.3, 0.4) is 0 Å². The molecule has 0 unspecified atom stereocenters. The molecule has 0 atom stereocenters. The fraction of sp³-hybridized carbons (Fsp3) is 0.286. The van der Waals surface area contributed by atoms with Gasteiger partial charge < -0.3 is 5.73 Å². The van der Waals surface area contributed by atoms with E-state index >= 15 is 0 Å². The summed E-state index contributed by atoms with van der Waals surface area (Å²) in [5.41, 5.74) is 5.57.